The van der Waals surface area contributed by atoms with Crippen molar-refractivity contribution in [2.45, 2.75) is 20.0 Å². The number of thiazole rings is 1. The number of pyridine rings is 1. The number of aromatic amines is 1. The predicted octanol–water partition coefficient (Wildman–Crippen LogP) is 3.01. The van der Waals surface area contributed by atoms with Crippen LogP contribution in [-0.4, -0.2) is 48.1 Å². The largest absolute Gasteiger partial charge is 0.467 e. The zero-order valence-electron chi connectivity index (χ0n) is 14.8. The minimum Gasteiger partial charge on any atom is -0.467 e. The number of hydrogen-bond donors (Lipinski definition) is 2. The molecule has 4 rings (SSSR count). The molecule has 0 bridgehead atoms. The number of hydrogen-bond acceptors (Lipinski definition) is 11. The number of methoxy groups -OCH3 is 1. The van der Waals surface area contributed by atoms with Crippen LogP contribution in [0.4, 0.5) is 5.13 Å². The molecule has 0 aromatic carbocycles. The summed E-state index contributed by atoms with van der Waals surface area (Å²) in [4.78, 5) is 35.1. The van der Waals surface area contributed by atoms with Crippen LogP contribution in [0.5, 0.6) is 6.01 Å². The number of anilines is 1. The van der Waals surface area contributed by atoms with Gasteiger partial charge in [-0.15, -0.1) is 11.3 Å². The van der Waals surface area contributed by atoms with E-state index in [4.69, 9.17) is 4.74 Å². The molecule has 4 aromatic heterocycles. The zero-order valence-corrected chi connectivity index (χ0v) is 17.2. The van der Waals surface area contributed by atoms with Gasteiger partial charge in [-0.2, -0.15) is 5.10 Å². The van der Waals surface area contributed by atoms with Crippen molar-refractivity contribution < 1.29 is 9.53 Å². The Labute approximate surface area is 177 Å². The van der Waals surface area contributed by atoms with Gasteiger partial charge < -0.3 is 4.74 Å². The first-order valence-electron chi connectivity index (χ1n) is 8.00. The van der Waals surface area contributed by atoms with Gasteiger partial charge in [0.2, 0.25) is 0 Å². The van der Waals surface area contributed by atoms with Gasteiger partial charge in [-0.25, -0.2) is 24.9 Å². The normalized spacial score (nSPS) is 10.7. The fourth-order valence-corrected chi connectivity index (χ4v) is 4.13. The molecule has 0 saturated heterocycles. The minimum atomic E-state index is -0.364. The molecule has 0 spiro atoms. The van der Waals surface area contributed by atoms with E-state index in [0.717, 1.165) is 4.90 Å². The summed E-state index contributed by atoms with van der Waals surface area (Å²) in [5, 5.41) is 12.8. The zero-order chi connectivity index (χ0) is 20.1. The van der Waals surface area contributed by atoms with Gasteiger partial charge in [0.15, 0.2) is 10.3 Å². The van der Waals surface area contributed by atoms with Crippen molar-refractivity contribution in [3.63, 3.8) is 0 Å². The molecular formula is C16H12N8O2S3. The van der Waals surface area contributed by atoms with Crippen molar-refractivity contribution in [3.8, 4) is 6.01 Å². The van der Waals surface area contributed by atoms with Crippen molar-refractivity contribution in [1.29, 1.82) is 0 Å². The predicted molar refractivity (Wildman–Crippen MR) is 108 cm³/mol. The maximum Gasteiger partial charge on any atom is 0.316 e. The number of nitrogens with zero attached hydrogens (tertiary/aromatic N) is 6. The van der Waals surface area contributed by atoms with E-state index in [-0.39, 0.29) is 17.6 Å². The minimum absolute atomic E-state index is 0.255. The number of H-pyrrole nitrogens is 1. The third-order valence-electron chi connectivity index (χ3n) is 3.31. The highest BCUT2D eigenvalue weighted by molar-refractivity contribution is 7.99. The van der Waals surface area contributed by atoms with E-state index >= 15 is 0 Å². The van der Waals surface area contributed by atoms with E-state index in [2.05, 4.69) is 40.4 Å². The quantitative estimate of drug-likeness (QED) is 0.438. The second-order valence-corrected chi connectivity index (χ2v) is 8.21. The van der Waals surface area contributed by atoms with E-state index in [1.54, 1.807) is 30.0 Å². The van der Waals surface area contributed by atoms with Crippen LogP contribution < -0.4 is 10.1 Å². The molecule has 0 fully saturated rings. The summed E-state index contributed by atoms with van der Waals surface area (Å²) in [7, 11) is 1.50. The summed E-state index contributed by atoms with van der Waals surface area (Å²) >= 11 is 3.92. The Bertz CT molecular complexity index is 1090. The van der Waals surface area contributed by atoms with Crippen LogP contribution in [0, 0.1) is 0 Å². The summed E-state index contributed by atoms with van der Waals surface area (Å²) in [6.07, 6.45) is 6.27. The van der Waals surface area contributed by atoms with Gasteiger partial charge in [0, 0.05) is 33.8 Å². The van der Waals surface area contributed by atoms with E-state index < -0.39 is 0 Å². The third kappa shape index (κ3) is 4.88. The molecule has 0 unspecified atom stereocenters. The number of nitrogens with one attached hydrogen (secondary N) is 2. The monoisotopic (exact) mass is 444 g/mol. The summed E-state index contributed by atoms with van der Waals surface area (Å²) in [5.74, 6) is -0.364. The maximum absolute atomic E-state index is 12.9. The van der Waals surface area contributed by atoms with Gasteiger partial charge in [0.05, 0.1) is 7.11 Å². The Hall–Kier alpha value is -3.03. The van der Waals surface area contributed by atoms with Crippen molar-refractivity contribution in [1.82, 2.24) is 35.1 Å². The topological polar surface area (TPSA) is 131 Å². The summed E-state index contributed by atoms with van der Waals surface area (Å²) < 4.78 is 4.98. The smallest absolute Gasteiger partial charge is 0.316 e. The fraction of sp³-hybridized carbons (Fsp3) is 0.0625. The Kier molecular flexibility index (Phi) is 5.97. The van der Waals surface area contributed by atoms with Gasteiger partial charge in [-0.1, -0.05) is 11.8 Å². The van der Waals surface area contributed by atoms with Crippen LogP contribution in [0.3, 0.4) is 0 Å². The van der Waals surface area contributed by atoms with Crippen LogP contribution in [-0.2, 0) is 0 Å². The lowest BCUT2D eigenvalue weighted by Gasteiger charge is -2.09. The first-order chi connectivity index (χ1) is 14.2. The maximum atomic E-state index is 12.9. The Morgan fingerprint density at radius 2 is 2.03 bits per heavy atom. The lowest BCUT2D eigenvalue weighted by Crippen LogP contribution is -2.15. The second kappa shape index (κ2) is 8.98. The van der Waals surface area contributed by atoms with E-state index in [9.17, 15) is 4.79 Å². The molecule has 2 N–H and O–H groups in total. The number of rotatable bonds is 7. The molecule has 0 saturated carbocycles. The lowest BCUT2D eigenvalue weighted by atomic mass is 10.3. The van der Waals surface area contributed by atoms with Crippen molar-refractivity contribution in [3.05, 3.63) is 48.1 Å². The van der Waals surface area contributed by atoms with Gasteiger partial charge >= 0.3 is 6.01 Å². The fourth-order valence-electron chi connectivity index (χ4n) is 2.10. The van der Waals surface area contributed by atoms with E-state index in [1.807, 2.05) is 6.07 Å². The lowest BCUT2D eigenvalue weighted by molar-refractivity contribution is 0.101. The first kappa shape index (κ1) is 19.3. The molecule has 4 aromatic rings. The Morgan fingerprint density at radius 1 is 1.17 bits per heavy atom. The van der Waals surface area contributed by atoms with Gasteiger partial charge in [0.25, 0.3) is 5.91 Å². The number of aromatic nitrogens is 7. The van der Waals surface area contributed by atoms with Crippen LogP contribution in [0.1, 0.15) is 10.5 Å². The highest BCUT2D eigenvalue weighted by Gasteiger charge is 2.18. The Balaban J connectivity index is 1.63. The van der Waals surface area contributed by atoms with E-state index in [1.165, 1.54) is 48.3 Å². The van der Waals surface area contributed by atoms with Crippen LogP contribution in [0.25, 0.3) is 0 Å². The average Bonchev–Trinajstić information content (AvgIpc) is 3.44. The average molecular weight is 445 g/mol. The van der Waals surface area contributed by atoms with E-state index in [0.29, 0.717) is 20.2 Å². The SMILES string of the molecule is COc1ncc(Sc2ccc(Sc3ncn[nH]3)nc2C(=O)Nc2nccs2)cn1. The number of carbonyl (C=O) groups is 1. The molecule has 29 heavy (non-hydrogen) atoms. The van der Waals surface area contributed by atoms with Crippen LogP contribution in [0.15, 0.2) is 62.4 Å². The standard InChI is InChI=1S/C16H12N8O2S3/c1-26-14-18-6-9(7-19-14)28-10-2-3-11(29-16-20-8-21-24-16)22-12(10)13(25)23-15-17-4-5-27-15/h2-8H,1H3,(H,17,23,25)(H,20,21,24). The van der Waals surface area contributed by atoms with Crippen LogP contribution in [0.2, 0.25) is 0 Å². The molecule has 10 nitrogen and oxygen atoms in total. The number of carbonyl (C=O) groups excluding carboxylic acids is 1. The Morgan fingerprint density at radius 3 is 2.72 bits per heavy atom. The molecule has 0 aliphatic carbocycles. The van der Waals surface area contributed by atoms with Crippen molar-refractivity contribution in [2.24, 2.45) is 0 Å². The second-order valence-electron chi connectivity index (χ2n) is 5.19. The summed E-state index contributed by atoms with van der Waals surface area (Å²) in [5.41, 5.74) is 0.255. The molecule has 146 valence electrons. The highest BCUT2D eigenvalue weighted by atomic mass is 32.2. The molecule has 0 aliphatic rings. The summed E-state index contributed by atoms with van der Waals surface area (Å²) in [6, 6.07) is 3.89. The third-order valence-corrected chi connectivity index (χ3v) is 5.82. The first-order valence-corrected chi connectivity index (χ1v) is 10.5. The molecule has 13 heteroatoms. The molecule has 0 aliphatic heterocycles. The molecular weight excluding hydrogens is 432 g/mol. The molecule has 1 amide bonds. The number of ether oxygens (including phenoxy) is 1. The van der Waals surface area contributed by atoms with Gasteiger partial charge in [-0.05, 0) is 23.9 Å². The van der Waals surface area contributed by atoms with Crippen LogP contribution >= 0.6 is 34.9 Å². The molecule has 0 radical (unpaired) electrons. The molecule has 4 heterocycles. The molecule has 0 atom stereocenters. The number of amides is 1. The van der Waals surface area contributed by atoms with Gasteiger partial charge in [-0.3, -0.25) is 15.2 Å². The summed E-state index contributed by atoms with van der Waals surface area (Å²) in [6.45, 7) is 0. The van der Waals surface area contributed by atoms with Gasteiger partial charge in [0.1, 0.15) is 17.0 Å². The van der Waals surface area contributed by atoms with Crippen molar-refractivity contribution >= 4 is 45.9 Å². The highest BCUT2D eigenvalue weighted by Crippen LogP contribution is 2.32. The van der Waals surface area contributed by atoms with Crippen molar-refractivity contribution in [2.75, 3.05) is 12.4 Å².